The summed E-state index contributed by atoms with van der Waals surface area (Å²) >= 11 is 0. The van der Waals surface area contributed by atoms with Crippen molar-refractivity contribution in [1.29, 1.82) is 0 Å². The topological polar surface area (TPSA) is 95.4 Å². The summed E-state index contributed by atoms with van der Waals surface area (Å²) in [6.07, 6.45) is 2.52. The third-order valence-electron chi connectivity index (χ3n) is 6.08. The first kappa shape index (κ1) is 25.1. The van der Waals surface area contributed by atoms with Gasteiger partial charge < -0.3 is 23.6 Å². The molecule has 188 valence electrons. The zero-order chi connectivity index (χ0) is 24.5. The van der Waals surface area contributed by atoms with Crippen LogP contribution in [0.3, 0.4) is 0 Å². The minimum atomic E-state index is -0.547. The van der Waals surface area contributed by atoms with Crippen LogP contribution in [0.15, 0.2) is 63.8 Å². The Morgan fingerprint density at radius 3 is 2.60 bits per heavy atom. The third-order valence-corrected chi connectivity index (χ3v) is 6.08. The summed E-state index contributed by atoms with van der Waals surface area (Å²) in [5.41, 5.74) is 1.42. The van der Waals surface area contributed by atoms with E-state index in [1.54, 1.807) is 11.2 Å². The number of aliphatic hydroxyl groups is 1. The standard InChI is InChI=1S/C26H34N4O5/c1-2-30(15-21-7-4-3-5-8-21)26(32)24-20-35-25(27-24)17-29-12-10-28(11-13-29)16-22(31)18-33-19-23-9-6-14-34-23/h3-9,14,20,22,31H,2,10-13,15-19H2,1H3. The second-order valence-electron chi connectivity index (χ2n) is 8.76. The Hall–Kier alpha value is -2.98. The molecule has 3 heterocycles. The minimum Gasteiger partial charge on any atom is -0.467 e. The number of hydrogen-bond acceptors (Lipinski definition) is 8. The molecule has 1 N–H and O–H groups in total. The van der Waals surface area contributed by atoms with Crippen LogP contribution in [-0.2, 0) is 24.4 Å². The van der Waals surface area contributed by atoms with Gasteiger partial charge in [0, 0.05) is 45.8 Å². The molecule has 1 fully saturated rings. The van der Waals surface area contributed by atoms with Crippen LogP contribution in [0.5, 0.6) is 0 Å². The summed E-state index contributed by atoms with van der Waals surface area (Å²) < 4.78 is 16.4. The lowest BCUT2D eigenvalue weighted by Crippen LogP contribution is -2.48. The van der Waals surface area contributed by atoms with Gasteiger partial charge in [-0.2, -0.15) is 0 Å². The number of aromatic nitrogens is 1. The lowest BCUT2D eigenvalue weighted by molar-refractivity contribution is -0.00353. The molecule has 3 aromatic rings. The van der Waals surface area contributed by atoms with Gasteiger partial charge in [-0.15, -0.1) is 0 Å². The summed E-state index contributed by atoms with van der Waals surface area (Å²) in [6, 6.07) is 13.6. The molecule has 0 bridgehead atoms. The molecular weight excluding hydrogens is 448 g/mol. The Morgan fingerprint density at radius 2 is 1.89 bits per heavy atom. The zero-order valence-electron chi connectivity index (χ0n) is 20.2. The van der Waals surface area contributed by atoms with Crippen LogP contribution < -0.4 is 0 Å². The zero-order valence-corrected chi connectivity index (χ0v) is 20.2. The number of ether oxygens (including phenoxy) is 1. The van der Waals surface area contributed by atoms with Crippen molar-refractivity contribution in [3.63, 3.8) is 0 Å². The van der Waals surface area contributed by atoms with E-state index in [1.165, 1.54) is 6.26 Å². The number of carbonyl (C=O) groups excluding carboxylic acids is 1. The van der Waals surface area contributed by atoms with E-state index in [9.17, 15) is 9.90 Å². The molecule has 35 heavy (non-hydrogen) atoms. The summed E-state index contributed by atoms with van der Waals surface area (Å²) in [5, 5.41) is 10.3. The number of carbonyl (C=O) groups is 1. The highest BCUT2D eigenvalue weighted by atomic mass is 16.5. The minimum absolute atomic E-state index is 0.126. The fourth-order valence-corrected chi connectivity index (χ4v) is 4.14. The number of piperazine rings is 1. The van der Waals surface area contributed by atoms with Crippen molar-refractivity contribution in [1.82, 2.24) is 19.7 Å². The summed E-state index contributed by atoms with van der Waals surface area (Å²) in [4.78, 5) is 23.6. The van der Waals surface area contributed by atoms with Crippen molar-refractivity contribution in [3.05, 3.63) is 77.9 Å². The smallest absolute Gasteiger partial charge is 0.276 e. The van der Waals surface area contributed by atoms with Gasteiger partial charge in [0.05, 0.1) is 25.5 Å². The molecule has 1 aromatic carbocycles. The number of rotatable bonds is 12. The second kappa shape index (κ2) is 12.6. The van der Waals surface area contributed by atoms with Gasteiger partial charge in [0.25, 0.3) is 5.91 Å². The maximum atomic E-state index is 12.9. The Labute approximate surface area is 205 Å². The van der Waals surface area contributed by atoms with E-state index in [-0.39, 0.29) is 12.5 Å². The molecule has 2 aromatic heterocycles. The predicted octanol–water partition coefficient (Wildman–Crippen LogP) is 2.63. The maximum Gasteiger partial charge on any atom is 0.276 e. The molecular formula is C26H34N4O5. The van der Waals surface area contributed by atoms with Gasteiger partial charge in [0.15, 0.2) is 5.69 Å². The Bertz CT molecular complexity index is 1020. The molecule has 1 atom stereocenters. The Balaban J connectivity index is 1.18. The molecule has 1 amide bonds. The molecule has 9 heteroatoms. The predicted molar refractivity (Wildman–Crippen MR) is 129 cm³/mol. The normalized spacial score (nSPS) is 15.8. The monoisotopic (exact) mass is 482 g/mol. The SMILES string of the molecule is CCN(Cc1ccccc1)C(=O)c1coc(CN2CCN(CC(O)COCc3ccco3)CC2)n1. The van der Waals surface area contributed by atoms with E-state index >= 15 is 0 Å². The highest BCUT2D eigenvalue weighted by Crippen LogP contribution is 2.13. The fraction of sp³-hybridized carbons (Fsp3) is 0.462. The van der Waals surface area contributed by atoms with Crippen molar-refractivity contribution in [2.45, 2.75) is 32.7 Å². The lowest BCUT2D eigenvalue weighted by Gasteiger charge is -2.34. The summed E-state index contributed by atoms with van der Waals surface area (Å²) in [5.74, 6) is 1.17. The molecule has 1 aliphatic rings. The number of amides is 1. The van der Waals surface area contributed by atoms with Crippen molar-refractivity contribution in [2.24, 2.45) is 0 Å². The summed E-state index contributed by atoms with van der Waals surface area (Å²) in [7, 11) is 0. The van der Waals surface area contributed by atoms with Gasteiger partial charge in [-0.1, -0.05) is 30.3 Å². The molecule has 9 nitrogen and oxygen atoms in total. The van der Waals surface area contributed by atoms with Crippen molar-refractivity contribution in [2.75, 3.05) is 45.9 Å². The second-order valence-corrected chi connectivity index (χ2v) is 8.76. The van der Waals surface area contributed by atoms with Crippen LogP contribution in [0.1, 0.15) is 34.6 Å². The molecule has 1 saturated heterocycles. The first-order valence-corrected chi connectivity index (χ1v) is 12.1. The number of β-amino-alcohol motifs (C(OH)–C–C–N with tert-alkyl or cyclic N) is 1. The third kappa shape index (κ3) is 7.50. The van der Waals surface area contributed by atoms with Crippen LogP contribution in [0.2, 0.25) is 0 Å². The molecule has 1 unspecified atom stereocenters. The highest BCUT2D eigenvalue weighted by Gasteiger charge is 2.23. The number of nitrogens with zero attached hydrogens (tertiary/aromatic N) is 4. The quantitative estimate of drug-likeness (QED) is 0.421. The van der Waals surface area contributed by atoms with E-state index in [4.69, 9.17) is 13.6 Å². The number of hydrogen-bond donors (Lipinski definition) is 1. The molecule has 0 saturated carbocycles. The molecule has 4 rings (SSSR count). The van der Waals surface area contributed by atoms with Gasteiger partial charge in [-0.25, -0.2) is 4.98 Å². The van der Waals surface area contributed by atoms with Crippen LogP contribution in [-0.4, -0.2) is 82.7 Å². The van der Waals surface area contributed by atoms with Crippen molar-refractivity contribution in [3.8, 4) is 0 Å². The van der Waals surface area contributed by atoms with Gasteiger partial charge in [0.2, 0.25) is 5.89 Å². The number of furan rings is 1. The first-order valence-electron chi connectivity index (χ1n) is 12.1. The number of benzene rings is 1. The van der Waals surface area contributed by atoms with Crippen LogP contribution in [0.25, 0.3) is 0 Å². The van der Waals surface area contributed by atoms with Gasteiger partial charge in [0.1, 0.15) is 18.6 Å². The van der Waals surface area contributed by atoms with Crippen LogP contribution in [0.4, 0.5) is 0 Å². The molecule has 0 spiro atoms. The highest BCUT2D eigenvalue weighted by molar-refractivity contribution is 5.91. The first-order chi connectivity index (χ1) is 17.1. The van der Waals surface area contributed by atoms with E-state index in [0.717, 1.165) is 37.5 Å². The molecule has 0 aliphatic carbocycles. The molecule has 1 aliphatic heterocycles. The Morgan fingerprint density at radius 1 is 1.11 bits per heavy atom. The fourth-order valence-electron chi connectivity index (χ4n) is 4.14. The number of aliphatic hydroxyl groups excluding tert-OH is 1. The number of oxazole rings is 1. The average Bonchev–Trinajstić information content (AvgIpc) is 3.56. The average molecular weight is 483 g/mol. The molecule has 0 radical (unpaired) electrons. The van der Waals surface area contributed by atoms with Gasteiger partial charge in [-0.05, 0) is 24.6 Å². The van der Waals surface area contributed by atoms with Crippen LogP contribution in [0, 0.1) is 0 Å². The van der Waals surface area contributed by atoms with E-state index in [1.807, 2.05) is 49.4 Å². The lowest BCUT2D eigenvalue weighted by atomic mass is 10.2. The maximum absolute atomic E-state index is 12.9. The van der Waals surface area contributed by atoms with Crippen molar-refractivity contribution >= 4 is 5.91 Å². The van der Waals surface area contributed by atoms with Crippen molar-refractivity contribution < 1.29 is 23.5 Å². The van der Waals surface area contributed by atoms with Crippen LogP contribution >= 0.6 is 0 Å². The summed E-state index contributed by atoms with van der Waals surface area (Å²) in [6.45, 7) is 8.19. The van der Waals surface area contributed by atoms with E-state index in [0.29, 0.717) is 44.4 Å². The van der Waals surface area contributed by atoms with Gasteiger partial charge >= 0.3 is 0 Å². The van der Waals surface area contributed by atoms with E-state index in [2.05, 4.69) is 14.8 Å². The Kier molecular flexibility index (Phi) is 9.08. The van der Waals surface area contributed by atoms with E-state index < -0.39 is 6.10 Å². The largest absolute Gasteiger partial charge is 0.467 e. The van der Waals surface area contributed by atoms with Gasteiger partial charge in [-0.3, -0.25) is 14.6 Å².